The first-order valence-electron chi connectivity index (χ1n) is 8.83. The first-order valence-corrected chi connectivity index (χ1v) is 9.64. The van der Waals surface area contributed by atoms with Gasteiger partial charge in [-0.1, -0.05) is 48.9 Å². The van der Waals surface area contributed by atoms with Crippen molar-refractivity contribution in [3.05, 3.63) is 70.9 Å². The lowest BCUT2D eigenvalue weighted by Crippen LogP contribution is -1.96. The van der Waals surface area contributed by atoms with Gasteiger partial charge in [-0.25, -0.2) is 9.97 Å². The summed E-state index contributed by atoms with van der Waals surface area (Å²) in [6, 6.07) is 17.2. The molecule has 0 atom stereocenters. The van der Waals surface area contributed by atoms with E-state index in [1.807, 2.05) is 0 Å². The smallest absolute Gasteiger partial charge is 0.143 e. The van der Waals surface area contributed by atoms with E-state index < -0.39 is 0 Å². The van der Waals surface area contributed by atoms with Gasteiger partial charge >= 0.3 is 0 Å². The van der Waals surface area contributed by atoms with E-state index in [0.717, 1.165) is 28.1 Å². The summed E-state index contributed by atoms with van der Waals surface area (Å²) in [5, 5.41) is 4.58. The van der Waals surface area contributed by atoms with Gasteiger partial charge in [-0.05, 0) is 43.5 Å². The highest BCUT2D eigenvalue weighted by molar-refractivity contribution is 7.19. The minimum Gasteiger partial charge on any atom is -0.340 e. The van der Waals surface area contributed by atoms with E-state index in [1.165, 1.54) is 27.1 Å². The normalized spacial score (nSPS) is 11.0. The first kappa shape index (κ1) is 16.7. The zero-order valence-corrected chi connectivity index (χ0v) is 16.0. The number of hydrogen-bond acceptors (Lipinski definition) is 4. The van der Waals surface area contributed by atoms with Crippen LogP contribution < -0.4 is 5.32 Å². The maximum absolute atomic E-state index is 4.55. The van der Waals surface area contributed by atoms with Gasteiger partial charge in [0.2, 0.25) is 0 Å². The Morgan fingerprint density at radius 2 is 1.65 bits per heavy atom. The molecule has 0 amide bonds. The van der Waals surface area contributed by atoms with Gasteiger partial charge in [0, 0.05) is 16.1 Å². The monoisotopic (exact) mass is 359 g/mol. The van der Waals surface area contributed by atoms with Crippen LogP contribution >= 0.6 is 11.3 Å². The summed E-state index contributed by atoms with van der Waals surface area (Å²) in [5.41, 5.74) is 6.06. The fourth-order valence-corrected chi connectivity index (χ4v) is 4.18. The number of anilines is 2. The molecular formula is C22H21N3S. The molecule has 26 heavy (non-hydrogen) atoms. The number of rotatable bonds is 4. The molecule has 4 aromatic rings. The summed E-state index contributed by atoms with van der Waals surface area (Å²) in [5.74, 6) is 0.860. The molecule has 2 aromatic heterocycles. The highest BCUT2D eigenvalue weighted by Gasteiger charge is 2.16. The van der Waals surface area contributed by atoms with Crippen molar-refractivity contribution < 1.29 is 0 Å². The highest BCUT2D eigenvalue weighted by Crippen LogP contribution is 2.41. The molecule has 0 fully saturated rings. The number of nitrogens with one attached hydrogen (secondary N) is 1. The van der Waals surface area contributed by atoms with Crippen molar-refractivity contribution in [3.8, 4) is 11.1 Å². The van der Waals surface area contributed by atoms with Crippen LogP contribution in [-0.4, -0.2) is 9.97 Å². The van der Waals surface area contributed by atoms with Gasteiger partial charge in [0.15, 0.2) is 0 Å². The Balaban J connectivity index is 1.83. The molecular weight excluding hydrogens is 338 g/mol. The van der Waals surface area contributed by atoms with E-state index in [2.05, 4.69) is 84.6 Å². The van der Waals surface area contributed by atoms with E-state index in [1.54, 1.807) is 17.7 Å². The average molecular weight is 359 g/mol. The Labute approximate surface area is 157 Å². The van der Waals surface area contributed by atoms with Gasteiger partial charge in [0.05, 0.1) is 5.39 Å². The molecule has 2 aromatic carbocycles. The van der Waals surface area contributed by atoms with E-state index >= 15 is 0 Å². The maximum Gasteiger partial charge on any atom is 0.143 e. The second-order valence-electron chi connectivity index (χ2n) is 6.48. The molecule has 0 aliphatic heterocycles. The van der Waals surface area contributed by atoms with E-state index in [-0.39, 0.29) is 0 Å². The summed E-state index contributed by atoms with van der Waals surface area (Å²) in [6.07, 6.45) is 2.68. The standard InChI is InChI=1S/C22H21N3S/c1-4-16-7-11-18(12-8-16)25-21-20-19(17-9-5-14(2)6-10-17)15(3)26-22(20)24-13-23-21/h5-13H,4H2,1-3H3,(H,23,24,25). The Hall–Kier alpha value is -2.72. The number of hydrogen-bond donors (Lipinski definition) is 1. The van der Waals surface area contributed by atoms with Gasteiger partial charge < -0.3 is 5.32 Å². The molecule has 0 radical (unpaired) electrons. The minimum absolute atomic E-state index is 0.860. The molecule has 0 spiro atoms. The van der Waals surface area contributed by atoms with Crippen molar-refractivity contribution >= 4 is 33.1 Å². The number of benzene rings is 2. The molecule has 0 aliphatic carbocycles. The third-order valence-electron chi connectivity index (χ3n) is 4.63. The fraction of sp³-hybridized carbons (Fsp3) is 0.182. The van der Waals surface area contributed by atoms with Crippen LogP contribution in [0.15, 0.2) is 54.9 Å². The summed E-state index contributed by atoms with van der Waals surface area (Å²) < 4.78 is 0. The van der Waals surface area contributed by atoms with Gasteiger partial charge in [0.25, 0.3) is 0 Å². The lowest BCUT2D eigenvalue weighted by Gasteiger charge is -2.10. The van der Waals surface area contributed by atoms with Crippen molar-refractivity contribution in [1.29, 1.82) is 0 Å². The van der Waals surface area contributed by atoms with Crippen molar-refractivity contribution in [1.82, 2.24) is 9.97 Å². The molecule has 130 valence electrons. The summed E-state index contributed by atoms with van der Waals surface area (Å²) >= 11 is 1.72. The number of nitrogens with zero attached hydrogens (tertiary/aromatic N) is 2. The van der Waals surface area contributed by atoms with Crippen LogP contribution in [-0.2, 0) is 6.42 Å². The first-order chi connectivity index (χ1) is 12.7. The summed E-state index contributed by atoms with van der Waals surface area (Å²) in [6.45, 7) is 6.43. The Morgan fingerprint density at radius 3 is 2.35 bits per heavy atom. The molecule has 0 bridgehead atoms. The molecule has 0 aliphatic rings. The second-order valence-corrected chi connectivity index (χ2v) is 7.68. The molecule has 0 saturated heterocycles. The molecule has 3 nitrogen and oxygen atoms in total. The maximum atomic E-state index is 4.55. The molecule has 4 rings (SSSR count). The number of fused-ring (bicyclic) bond motifs is 1. The molecule has 1 N–H and O–H groups in total. The Bertz CT molecular complexity index is 1050. The van der Waals surface area contributed by atoms with Crippen molar-refractivity contribution in [2.75, 3.05) is 5.32 Å². The lowest BCUT2D eigenvalue weighted by molar-refractivity contribution is 1.14. The van der Waals surface area contributed by atoms with Crippen LogP contribution in [0.3, 0.4) is 0 Å². The largest absolute Gasteiger partial charge is 0.340 e. The molecule has 4 heteroatoms. The number of aryl methyl sites for hydroxylation is 3. The second kappa shape index (κ2) is 6.89. The molecule has 2 heterocycles. The summed E-state index contributed by atoms with van der Waals surface area (Å²) in [7, 11) is 0. The summed E-state index contributed by atoms with van der Waals surface area (Å²) in [4.78, 5) is 11.3. The van der Waals surface area contributed by atoms with Crippen LogP contribution in [0, 0.1) is 13.8 Å². The zero-order chi connectivity index (χ0) is 18.1. The third kappa shape index (κ3) is 3.08. The van der Waals surface area contributed by atoms with E-state index in [0.29, 0.717) is 0 Å². The van der Waals surface area contributed by atoms with E-state index in [9.17, 15) is 0 Å². The predicted octanol–water partition coefficient (Wildman–Crippen LogP) is 6.28. The fourth-order valence-electron chi connectivity index (χ4n) is 3.17. The van der Waals surface area contributed by atoms with Crippen LogP contribution in [0.2, 0.25) is 0 Å². The van der Waals surface area contributed by atoms with Crippen LogP contribution in [0.5, 0.6) is 0 Å². The van der Waals surface area contributed by atoms with Gasteiger partial charge in [-0.3, -0.25) is 0 Å². The number of thiophene rings is 1. The van der Waals surface area contributed by atoms with Crippen LogP contribution in [0.1, 0.15) is 22.9 Å². The van der Waals surface area contributed by atoms with Gasteiger partial charge in [-0.2, -0.15) is 0 Å². The van der Waals surface area contributed by atoms with Crippen molar-refractivity contribution in [2.24, 2.45) is 0 Å². The van der Waals surface area contributed by atoms with Crippen molar-refractivity contribution in [3.63, 3.8) is 0 Å². The third-order valence-corrected chi connectivity index (χ3v) is 5.64. The zero-order valence-electron chi connectivity index (χ0n) is 15.2. The van der Waals surface area contributed by atoms with E-state index in [4.69, 9.17) is 0 Å². The average Bonchev–Trinajstić information content (AvgIpc) is 3.00. The lowest BCUT2D eigenvalue weighted by atomic mass is 10.0. The van der Waals surface area contributed by atoms with Crippen LogP contribution in [0.25, 0.3) is 21.3 Å². The highest BCUT2D eigenvalue weighted by atomic mass is 32.1. The Kier molecular flexibility index (Phi) is 4.43. The Morgan fingerprint density at radius 1 is 0.923 bits per heavy atom. The quantitative estimate of drug-likeness (QED) is 0.466. The molecule has 0 unspecified atom stereocenters. The predicted molar refractivity (Wildman–Crippen MR) is 111 cm³/mol. The van der Waals surface area contributed by atoms with Gasteiger partial charge in [0.1, 0.15) is 17.0 Å². The number of aromatic nitrogens is 2. The van der Waals surface area contributed by atoms with Crippen LogP contribution in [0.4, 0.5) is 11.5 Å². The topological polar surface area (TPSA) is 37.8 Å². The van der Waals surface area contributed by atoms with Crippen molar-refractivity contribution in [2.45, 2.75) is 27.2 Å². The SMILES string of the molecule is CCc1ccc(Nc2ncnc3sc(C)c(-c4ccc(C)cc4)c23)cc1. The molecule has 0 saturated carbocycles. The minimum atomic E-state index is 0.860. The van der Waals surface area contributed by atoms with Gasteiger partial charge in [-0.15, -0.1) is 11.3 Å².